The van der Waals surface area contributed by atoms with Crippen LogP contribution in [-0.2, 0) is 0 Å². The Hall–Kier alpha value is -1.62. The van der Waals surface area contributed by atoms with Gasteiger partial charge in [0, 0.05) is 24.1 Å². The summed E-state index contributed by atoms with van der Waals surface area (Å²) in [4.78, 5) is 14.6. The number of hydrogen-bond acceptors (Lipinski definition) is 2. The molecule has 1 fully saturated rings. The first kappa shape index (κ1) is 14.3. The van der Waals surface area contributed by atoms with Crippen LogP contribution < -0.4 is 0 Å². The van der Waals surface area contributed by atoms with Gasteiger partial charge in [0.05, 0.1) is 17.4 Å². The average molecular weight is 348 g/mol. The first-order chi connectivity index (χ1) is 10.3. The lowest BCUT2D eigenvalue weighted by molar-refractivity contribution is 0.0642. The summed E-state index contributed by atoms with van der Waals surface area (Å²) in [7, 11) is 0. The Morgan fingerprint density at radius 3 is 2.86 bits per heavy atom. The second-order valence-corrected chi connectivity index (χ2v) is 5.96. The molecule has 1 saturated heterocycles. The third-order valence-electron chi connectivity index (χ3n) is 3.92. The number of benzene rings is 1. The highest BCUT2D eigenvalue weighted by molar-refractivity contribution is 9.09. The summed E-state index contributed by atoms with van der Waals surface area (Å²) in [6, 6.07) is 10.1. The molecular weight excluding hydrogens is 330 g/mol. The van der Waals surface area contributed by atoms with E-state index in [4.69, 9.17) is 0 Å². The Morgan fingerprint density at radius 2 is 2.10 bits per heavy atom. The van der Waals surface area contributed by atoms with Crippen LogP contribution >= 0.6 is 15.9 Å². The Labute approximate surface area is 132 Å². The molecule has 1 unspecified atom stereocenters. The summed E-state index contributed by atoms with van der Waals surface area (Å²) in [5.41, 5.74) is 1.62. The number of aromatic nitrogens is 2. The fraction of sp³-hybridized carbons (Fsp3) is 0.375. The van der Waals surface area contributed by atoms with E-state index in [1.807, 2.05) is 41.4 Å². The van der Waals surface area contributed by atoms with Gasteiger partial charge in [0.25, 0.3) is 5.91 Å². The summed E-state index contributed by atoms with van der Waals surface area (Å²) in [6.45, 7) is 0.839. The van der Waals surface area contributed by atoms with E-state index in [-0.39, 0.29) is 5.91 Å². The van der Waals surface area contributed by atoms with Gasteiger partial charge in [-0.1, -0.05) is 34.1 Å². The maximum atomic E-state index is 12.7. The van der Waals surface area contributed by atoms with E-state index in [2.05, 4.69) is 21.0 Å². The molecule has 1 aromatic carbocycles. The van der Waals surface area contributed by atoms with Crippen molar-refractivity contribution < 1.29 is 4.79 Å². The molecule has 3 rings (SSSR count). The molecule has 0 radical (unpaired) electrons. The van der Waals surface area contributed by atoms with Crippen molar-refractivity contribution in [2.45, 2.75) is 25.3 Å². The van der Waals surface area contributed by atoms with E-state index in [1.54, 1.807) is 10.9 Å². The second-order valence-electron chi connectivity index (χ2n) is 5.31. The summed E-state index contributed by atoms with van der Waals surface area (Å²) in [6.07, 6.45) is 6.84. The minimum absolute atomic E-state index is 0.0846. The zero-order chi connectivity index (χ0) is 14.7. The second kappa shape index (κ2) is 6.43. The topological polar surface area (TPSA) is 38.1 Å². The fourth-order valence-corrected chi connectivity index (χ4v) is 3.42. The number of piperidine rings is 1. The molecule has 2 heterocycles. The van der Waals surface area contributed by atoms with Crippen LogP contribution in [0.2, 0.25) is 0 Å². The smallest absolute Gasteiger partial charge is 0.257 e. The van der Waals surface area contributed by atoms with Gasteiger partial charge in [0.15, 0.2) is 0 Å². The molecule has 5 heteroatoms. The van der Waals surface area contributed by atoms with Crippen molar-refractivity contribution in [2.75, 3.05) is 11.9 Å². The van der Waals surface area contributed by atoms with E-state index in [1.165, 1.54) is 6.42 Å². The van der Waals surface area contributed by atoms with Crippen molar-refractivity contribution in [3.05, 3.63) is 48.3 Å². The van der Waals surface area contributed by atoms with Gasteiger partial charge in [0.2, 0.25) is 0 Å². The lowest BCUT2D eigenvalue weighted by atomic mass is 10.0. The third kappa shape index (κ3) is 3.02. The van der Waals surface area contributed by atoms with Gasteiger partial charge in [-0.2, -0.15) is 5.10 Å². The number of carbonyl (C=O) groups excluding carboxylic acids is 1. The van der Waals surface area contributed by atoms with E-state index in [0.29, 0.717) is 11.6 Å². The van der Waals surface area contributed by atoms with Crippen LogP contribution in [0.15, 0.2) is 42.7 Å². The summed E-state index contributed by atoms with van der Waals surface area (Å²) in [5.74, 6) is 0.0846. The Bertz CT molecular complexity index is 611. The van der Waals surface area contributed by atoms with Gasteiger partial charge >= 0.3 is 0 Å². The molecule has 0 N–H and O–H groups in total. The normalized spacial score (nSPS) is 18.7. The van der Waals surface area contributed by atoms with Gasteiger partial charge in [-0.05, 0) is 31.4 Å². The largest absolute Gasteiger partial charge is 0.335 e. The molecule has 0 aliphatic carbocycles. The maximum Gasteiger partial charge on any atom is 0.257 e. The van der Waals surface area contributed by atoms with Crippen molar-refractivity contribution in [2.24, 2.45) is 0 Å². The van der Waals surface area contributed by atoms with E-state index in [9.17, 15) is 4.79 Å². The number of para-hydroxylation sites is 1. The number of rotatable bonds is 3. The number of nitrogens with zero attached hydrogens (tertiary/aromatic N) is 3. The molecule has 0 saturated carbocycles. The van der Waals surface area contributed by atoms with Crippen molar-refractivity contribution in [3.8, 4) is 5.69 Å². The van der Waals surface area contributed by atoms with E-state index in [0.717, 1.165) is 30.4 Å². The Balaban J connectivity index is 1.81. The van der Waals surface area contributed by atoms with Crippen LogP contribution in [0.1, 0.15) is 29.6 Å². The molecule has 4 nitrogen and oxygen atoms in total. The van der Waals surface area contributed by atoms with Crippen LogP contribution in [0.4, 0.5) is 0 Å². The number of likely N-dealkylation sites (tertiary alicyclic amines) is 1. The highest BCUT2D eigenvalue weighted by Crippen LogP contribution is 2.21. The Morgan fingerprint density at radius 1 is 1.29 bits per heavy atom. The van der Waals surface area contributed by atoms with Crippen LogP contribution in [0, 0.1) is 0 Å². The molecule has 1 amide bonds. The quantitative estimate of drug-likeness (QED) is 0.799. The molecule has 1 aliphatic rings. The molecule has 2 aromatic rings. The lowest BCUT2D eigenvalue weighted by Gasteiger charge is -2.34. The minimum Gasteiger partial charge on any atom is -0.335 e. The van der Waals surface area contributed by atoms with Gasteiger partial charge in [-0.3, -0.25) is 4.79 Å². The fourth-order valence-electron chi connectivity index (χ4n) is 2.75. The van der Waals surface area contributed by atoms with Gasteiger partial charge in [-0.25, -0.2) is 4.68 Å². The van der Waals surface area contributed by atoms with Crippen LogP contribution in [-0.4, -0.2) is 38.5 Å². The van der Waals surface area contributed by atoms with Gasteiger partial charge in [0.1, 0.15) is 0 Å². The first-order valence-corrected chi connectivity index (χ1v) is 8.39. The van der Waals surface area contributed by atoms with E-state index >= 15 is 0 Å². The minimum atomic E-state index is 0.0846. The lowest BCUT2D eigenvalue weighted by Crippen LogP contribution is -2.44. The zero-order valence-corrected chi connectivity index (χ0v) is 13.4. The monoisotopic (exact) mass is 347 g/mol. The standard InChI is InChI=1S/C16H18BrN3O/c17-10-15-8-4-5-9-19(15)16(21)13-11-18-20(12-13)14-6-2-1-3-7-14/h1-3,6-7,11-12,15H,4-5,8-10H2. The Kier molecular flexibility index (Phi) is 4.39. The molecule has 1 aromatic heterocycles. The number of amides is 1. The summed E-state index contributed by atoms with van der Waals surface area (Å²) >= 11 is 3.52. The first-order valence-electron chi connectivity index (χ1n) is 7.26. The summed E-state index contributed by atoms with van der Waals surface area (Å²) in [5, 5.41) is 5.15. The van der Waals surface area contributed by atoms with Crippen LogP contribution in [0.5, 0.6) is 0 Å². The number of carbonyl (C=O) groups is 1. The van der Waals surface area contributed by atoms with Crippen molar-refractivity contribution >= 4 is 21.8 Å². The van der Waals surface area contributed by atoms with Crippen LogP contribution in [0.3, 0.4) is 0 Å². The predicted molar refractivity (Wildman–Crippen MR) is 86.0 cm³/mol. The molecule has 0 bridgehead atoms. The van der Waals surface area contributed by atoms with Gasteiger partial charge < -0.3 is 4.90 Å². The predicted octanol–water partition coefficient (Wildman–Crippen LogP) is 3.26. The highest BCUT2D eigenvalue weighted by Gasteiger charge is 2.27. The van der Waals surface area contributed by atoms with E-state index < -0.39 is 0 Å². The van der Waals surface area contributed by atoms with Crippen LogP contribution in [0.25, 0.3) is 5.69 Å². The van der Waals surface area contributed by atoms with Crippen molar-refractivity contribution in [3.63, 3.8) is 0 Å². The number of alkyl halides is 1. The number of halogens is 1. The molecule has 0 spiro atoms. The third-order valence-corrected chi connectivity index (χ3v) is 4.66. The highest BCUT2D eigenvalue weighted by atomic mass is 79.9. The van der Waals surface area contributed by atoms with Crippen molar-refractivity contribution in [1.82, 2.24) is 14.7 Å². The molecule has 1 aliphatic heterocycles. The SMILES string of the molecule is O=C(c1cnn(-c2ccccc2)c1)N1CCCCC1CBr. The number of hydrogen-bond donors (Lipinski definition) is 0. The molecular formula is C16H18BrN3O. The van der Waals surface area contributed by atoms with Gasteiger partial charge in [-0.15, -0.1) is 0 Å². The summed E-state index contributed by atoms with van der Waals surface area (Å²) < 4.78 is 1.75. The molecule has 21 heavy (non-hydrogen) atoms. The molecule has 1 atom stereocenters. The maximum absolute atomic E-state index is 12.7. The zero-order valence-electron chi connectivity index (χ0n) is 11.8. The van der Waals surface area contributed by atoms with Crippen molar-refractivity contribution in [1.29, 1.82) is 0 Å². The molecule has 110 valence electrons. The average Bonchev–Trinajstić information content (AvgIpc) is 3.05.